The van der Waals surface area contributed by atoms with Crippen LogP contribution in [0.1, 0.15) is 24.3 Å². The van der Waals surface area contributed by atoms with Gasteiger partial charge in [-0.05, 0) is 47.7 Å². The van der Waals surface area contributed by atoms with E-state index in [2.05, 4.69) is 24.3 Å². The quantitative estimate of drug-likeness (QED) is 0.721. The fourth-order valence-corrected chi connectivity index (χ4v) is 3.06. The van der Waals surface area contributed by atoms with Gasteiger partial charge in [0.15, 0.2) is 0 Å². The van der Waals surface area contributed by atoms with Crippen LogP contribution in [0.3, 0.4) is 0 Å². The predicted molar refractivity (Wildman–Crippen MR) is 99.1 cm³/mol. The standard InChI is InChI=1S/C18H18ClN3OS/c1-12(2)11-20-18(23)16-10-15(17-4-3-9-24-17)21-22(16)14-7-5-13(19)6-8-14/h3-10,12H,11H2,1-2H3,(H,20,23). The Hall–Kier alpha value is -2.11. The van der Waals surface area contributed by atoms with Crippen LogP contribution in [-0.2, 0) is 0 Å². The molecule has 3 aromatic rings. The molecule has 0 aliphatic heterocycles. The molecule has 4 nitrogen and oxygen atoms in total. The van der Waals surface area contributed by atoms with Crippen molar-refractivity contribution in [3.8, 4) is 16.3 Å². The lowest BCUT2D eigenvalue weighted by Crippen LogP contribution is -2.29. The number of benzene rings is 1. The third-order valence-corrected chi connectivity index (χ3v) is 4.60. The van der Waals surface area contributed by atoms with Crippen LogP contribution in [0.25, 0.3) is 16.3 Å². The molecule has 0 spiro atoms. The summed E-state index contributed by atoms with van der Waals surface area (Å²) < 4.78 is 1.67. The molecule has 6 heteroatoms. The van der Waals surface area contributed by atoms with Gasteiger partial charge in [0.05, 0.1) is 10.6 Å². The van der Waals surface area contributed by atoms with Crippen molar-refractivity contribution in [2.75, 3.05) is 6.54 Å². The number of nitrogens with zero attached hydrogens (tertiary/aromatic N) is 2. The Kier molecular flexibility index (Phi) is 5.02. The van der Waals surface area contributed by atoms with Crippen molar-refractivity contribution in [3.05, 3.63) is 58.6 Å². The first-order valence-corrected chi connectivity index (χ1v) is 8.98. The maximum atomic E-state index is 12.6. The Morgan fingerprint density at radius 2 is 2.04 bits per heavy atom. The highest BCUT2D eigenvalue weighted by atomic mass is 35.5. The molecule has 1 N–H and O–H groups in total. The number of thiophene rings is 1. The molecule has 0 aliphatic rings. The molecule has 3 rings (SSSR count). The lowest BCUT2D eigenvalue weighted by atomic mass is 10.2. The molecule has 24 heavy (non-hydrogen) atoms. The summed E-state index contributed by atoms with van der Waals surface area (Å²) in [5, 5.41) is 10.2. The Bertz CT molecular complexity index is 823. The van der Waals surface area contributed by atoms with Gasteiger partial charge in [-0.3, -0.25) is 4.79 Å². The van der Waals surface area contributed by atoms with E-state index in [1.165, 1.54) is 0 Å². The van der Waals surface area contributed by atoms with E-state index in [9.17, 15) is 4.79 Å². The molecule has 0 bridgehead atoms. The van der Waals surface area contributed by atoms with Crippen molar-refractivity contribution in [2.24, 2.45) is 5.92 Å². The second-order valence-electron chi connectivity index (χ2n) is 5.88. The minimum Gasteiger partial charge on any atom is -0.350 e. The van der Waals surface area contributed by atoms with Gasteiger partial charge in [-0.15, -0.1) is 11.3 Å². The van der Waals surface area contributed by atoms with E-state index >= 15 is 0 Å². The molecule has 0 radical (unpaired) electrons. The summed E-state index contributed by atoms with van der Waals surface area (Å²) in [5.41, 5.74) is 2.10. The highest BCUT2D eigenvalue weighted by Gasteiger charge is 2.18. The molecule has 124 valence electrons. The summed E-state index contributed by atoms with van der Waals surface area (Å²) >= 11 is 7.56. The number of aromatic nitrogens is 2. The van der Waals surface area contributed by atoms with E-state index in [4.69, 9.17) is 11.6 Å². The molecule has 0 fully saturated rings. The number of hydrogen-bond donors (Lipinski definition) is 1. The van der Waals surface area contributed by atoms with E-state index in [-0.39, 0.29) is 5.91 Å². The summed E-state index contributed by atoms with van der Waals surface area (Å²) in [6.45, 7) is 4.75. The van der Waals surface area contributed by atoms with Gasteiger partial charge in [0.25, 0.3) is 5.91 Å². The number of hydrogen-bond acceptors (Lipinski definition) is 3. The second kappa shape index (κ2) is 7.20. The average molecular weight is 360 g/mol. The number of rotatable bonds is 5. The topological polar surface area (TPSA) is 46.9 Å². The van der Waals surface area contributed by atoms with Crippen molar-refractivity contribution in [3.63, 3.8) is 0 Å². The zero-order chi connectivity index (χ0) is 17.1. The summed E-state index contributed by atoms with van der Waals surface area (Å²) in [6, 6.07) is 13.1. The summed E-state index contributed by atoms with van der Waals surface area (Å²) in [7, 11) is 0. The Labute approximate surface area is 150 Å². The normalized spacial score (nSPS) is 11.0. The van der Waals surface area contributed by atoms with E-state index < -0.39 is 0 Å². The Morgan fingerprint density at radius 1 is 1.29 bits per heavy atom. The minimum atomic E-state index is -0.131. The molecule has 2 aromatic heterocycles. The van der Waals surface area contributed by atoms with Crippen LogP contribution in [-0.4, -0.2) is 22.2 Å². The molecule has 2 heterocycles. The molecule has 0 unspecified atom stereocenters. The molecular weight excluding hydrogens is 342 g/mol. The van der Waals surface area contributed by atoms with Crippen LogP contribution < -0.4 is 5.32 Å². The van der Waals surface area contributed by atoms with E-state index in [0.29, 0.717) is 23.2 Å². The average Bonchev–Trinajstić information content (AvgIpc) is 3.22. The van der Waals surface area contributed by atoms with Gasteiger partial charge >= 0.3 is 0 Å². The lowest BCUT2D eigenvalue weighted by Gasteiger charge is -2.09. The van der Waals surface area contributed by atoms with E-state index in [1.807, 2.05) is 35.7 Å². The summed E-state index contributed by atoms with van der Waals surface area (Å²) in [4.78, 5) is 13.6. The largest absolute Gasteiger partial charge is 0.350 e. The Morgan fingerprint density at radius 3 is 2.67 bits per heavy atom. The highest BCUT2D eigenvalue weighted by molar-refractivity contribution is 7.13. The van der Waals surface area contributed by atoms with Gasteiger partial charge in [-0.2, -0.15) is 5.10 Å². The maximum absolute atomic E-state index is 12.6. The molecular formula is C18H18ClN3OS. The Balaban J connectivity index is 2.01. The SMILES string of the molecule is CC(C)CNC(=O)c1cc(-c2cccs2)nn1-c1ccc(Cl)cc1. The third kappa shape index (κ3) is 3.68. The first kappa shape index (κ1) is 16.7. The molecule has 0 aliphatic carbocycles. The number of halogens is 1. The van der Waals surface area contributed by atoms with Crippen molar-refractivity contribution in [1.82, 2.24) is 15.1 Å². The number of carbonyl (C=O) groups is 1. The molecule has 1 aromatic carbocycles. The molecule has 0 saturated heterocycles. The fourth-order valence-electron chi connectivity index (χ4n) is 2.25. The first-order valence-electron chi connectivity index (χ1n) is 7.72. The van der Waals surface area contributed by atoms with Gasteiger partial charge in [0.1, 0.15) is 11.4 Å². The predicted octanol–water partition coefficient (Wildman–Crippen LogP) is 4.64. The van der Waals surface area contributed by atoms with Gasteiger partial charge in [-0.25, -0.2) is 4.68 Å². The lowest BCUT2D eigenvalue weighted by molar-refractivity contribution is 0.0941. The van der Waals surface area contributed by atoms with E-state index in [0.717, 1.165) is 16.3 Å². The number of amides is 1. The van der Waals surface area contributed by atoms with Crippen molar-refractivity contribution in [2.45, 2.75) is 13.8 Å². The van der Waals surface area contributed by atoms with Crippen molar-refractivity contribution in [1.29, 1.82) is 0 Å². The van der Waals surface area contributed by atoms with Crippen LogP contribution >= 0.6 is 22.9 Å². The third-order valence-electron chi connectivity index (χ3n) is 3.46. The second-order valence-corrected chi connectivity index (χ2v) is 7.27. The van der Waals surface area contributed by atoms with Gasteiger partial charge in [0.2, 0.25) is 0 Å². The van der Waals surface area contributed by atoms with Gasteiger partial charge < -0.3 is 5.32 Å². The summed E-state index contributed by atoms with van der Waals surface area (Å²) in [6.07, 6.45) is 0. The van der Waals surface area contributed by atoms with Crippen LogP contribution in [0.2, 0.25) is 5.02 Å². The van der Waals surface area contributed by atoms with Crippen LogP contribution in [0.15, 0.2) is 47.8 Å². The highest BCUT2D eigenvalue weighted by Crippen LogP contribution is 2.26. The zero-order valence-corrected chi connectivity index (χ0v) is 15.1. The van der Waals surface area contributed by atoms with Crippen LogP contribution in [0.5, 0.6) is 0 Å². The first-order chi connectivity index (χ1) is 11.5. The maximum Gasteiger partial charge on any atom is 0.270 e. The monoisotopic (exact) mass is 359 g/mol. The number of carbonyl (C=O) groups excluding carboxylic acids is 1. The number of nitrogens with one attached hydrogen (secondary N) is 1. The van der Waals surface area contributed by atoms with E-state index in [1.54, 1.807) is 28.2 Å². The molecule has 1 amide bonds. The summed E-state index contributed by atoms with van der Waals surface area (Å²) in [5.74, 6) is 0.256. The van der Waals surface area contributed by atoms with Crippen molar-refractivity contribution < 1.29 is 4.79 Å². The minimum absolute atomic E-state index is 0.131. The van der Waals surface area contributed by atoms with Gasteiger partial charge in [0, 0.05) is 11.6 Å². The smallest absolute Gasteiger partial charge is 0.270 e. The van der Waals surface area contributed by atoms with Crippen molar-refractivity contribution >= 4 is 28.8 Å². The molecule has 0 saturated carbocycles. The fraction of sp³-hybridized carbons (Fsp3) is 0.222. The molecule has 0 atom stereocenters. The zero-order valence-electron chi connectivity index (χ0n) is 13.5. The van der Waals surface area contributed by atoms with Crippen LogP contribution in [0, 0.1) is 5.92 Å². The van der Waals surface area contributed by atoms with Crippen LogP contribution in [0.4, 0.5) is 0 Å². The van der Waals surface area contributed by atoms with Gasteiger partial charge in [-0.1, -0.05) is 31.5 Å².